The molecule has 10 N–H and O–H groups in total. The zero-order chi connectivity index (χ0) is 28.5. The van der Waals surface area contributed by atoms with Crippen LogP contribution < -0.4 is 5.32 Å². The van der Waals surface area contributed by atoms with Crippen molar-refractivity contribution in [2.75, 3.05) is 20.3 Å². The first kappa shape index (κ1) is 31.4. The fraction of sp³-hybridized carbons (Fsp3) is 0.952. The van der Waals surface area contributed by atoms with Crippen LogP contribution in [0.15, 0.2) is 0 Å². The van der Waals surface area contributed by atoms with Gasteiger partial charge >= 0.3 is 0 Å². The minimum Gasteiger partial charge on any atom is -0.394 e. The summed E-state index contributed by atoms with van der Waals surface area (Å²) in [5.41, 5.74) is 0. The van der Waals surface area contributed by atoms with E-state index in [0.29, 0.717) is 0 Å². The van der Waals surface area contributed by atoms with Gasteiger partial charge in [-0.25, -0.2) is 4.52 Å². The standard InChI is InChI=1S/C21H37NO16/c1-6-11(26)13(28)14(29)20(33-6)37-17-10(22-7(2)25)19(31)34-9(5-24)16(17)36-21-15(30)18(38(3)32)12(27)8(4-23)35-21/h6,8-21,23-24,26-32H,4-5H2,1-3H3/p+1/t6-,8+,9+,10+,11+,12-,13+,14-,15+,16+,17+,18-,19+,20-,21-/m0/s1. The summed E-state index contributed by atoms with van der Waals surface area (Å²) < 4.78 is 29.4. The molecule has 3 aliphatic heterocycles. The highest BCUT2D eigenvalue weighted by atomic mass is 17.2. The van der Waals surface area contributed by atoms with Crippen LogP contribution in [0.1, 0.15) is 13.8 Å². The number of aliphatic hydroxyl groups is 8. The molecule has 3 fully saturated rings. The molecule has 3 saturated heterocycles. The van der Waals surface area contributed by atoms with Crippen LogP contribution in [-0.4, -0.2) is 164 Å². The summed E-state index contributed by atoms with van der Waals surface area (Å²) in [7, 11) is 1.06. The number of amides is 1. The number of carbonyl (C=O) groups excluding carboxylic acids is 1. The number of carbonyl (C=O) groups is 1. The molecule has 0 radical (unpaired) electrons. The summed E-state index contributed by atoms with van der Waals surface area (Å²) in [5, 5.41) is 94.2. The van der Waals surface area contributed by atoms with E-state index in [9.17, 15) is 50.9 Å². The lowest BCUT2D eigenvalue weighted by Crippen LogP contribution is -2.69. The summed E-state index contributed by atoms with van der Waals surface area (Å²) in [4.78, 5) is 11.9. The van der Waals surface area contributed by atoms with Gasteiger partial charge in [-0.3, -0.25) is 4.79 Å². The van der Waals surface area contributed by atoms with Crippen LogP contribution >= 0.6 is 0 Å². The van der Waals surface area contributed by atoms with Crippen LogP contribution in [0.2, 0.25) is 0 Å². The molecule has 3 rings (SSSR count). The predicted molar refractivity (Wildman–Crippen MR) is 119 cm³/mol. The van der Waals surface area contributed by atoms with Gasteiger partial charge in [0.15, 0.2) is 38.2 Å². The van der Waals surface area contributed by atoms with Gasteiger partial charge in [0.2, 0.25) is 5.91 Å². The van der Waals surface area contributed by atoms with Gasteiger partial charge in [-0.1, -0.05) is 0 Å². The summed E-state index contributed by atoms with van der Waals surface area (Å²) in [6.07, 6.45) is -21.6. The third kappa shape index (κ3) is 6.43. The minimum absolute atomic E-state index is 0.642. The van der Waals surface area contributed by atoms with Crippen molar-refractivity contribution < 1.29 is 79.1 Å². The lowest BCUT2D eigenvalue weighted by Gasteiger charge is -2.49. The molecule has 17 heteroatoms. The number of aliphatic hydroxyl groups excluding tert-OH is 8. The molecule has 0 aliphatic carbocycles. The Kier molecular flexibility index (Phi) is 10.8. The van der Waals surface area contributed by atoms with Gasteiger partial charge in [0.25, 0.3) is 6.10 Å². The Morgan fingerprint density at radius 3 is 1.95 bits per heavy atom. The molecule has 222 valence electrons. The van der Waals surface area contributed by atoms with Crippen LogP contribution in [0.4, 0.5) is 0 Å². The van der Waals surface area contributed by atoms with Gasteiger partial charge in [0, 0.05) is 6.92 Å². The maximum atomic E-state index is 11.9. The molecule has 0 unspecified atom stereocenters. The van der Waals surface area contributed by atoms with Gasteiger partial charge in [-0.15, -0.1) is 5.26 Å². The van der Waals surface area contributed by atoms with Gasteiger partial charge in [0.05, 0.1) is 19.3 Å². The molecular weight excluding hydrogens is 522 g/mol. The fourth-order valence-electron chi connectivity index (χ4n) is 4.79. The molecule has 0 aromatic carbocycles. The van der Waals surface area contributed by atoms with Crippen molar-refractivity contribution in [2.24, 2.45) is 0 Å². The predicted octanol–water partition coefficient (Wildman–Crippen LogP) is -5.74. The van der Waals surface area contributed by atoms with Crippen LogP contribution in [0.3, 0.4) is 0 Å². The molecule has 3 heterocycles. The first-order valence-electron chi connectivity index (χ1n) is 12.0. The SMILES string of the molecule is CC(=O)N[C@@H]1[C@@H](O[C@@H]2O[C@@H](C)[C@@H](O)[C@@H](O)[C@@H]2O)[C@H](O[C@@H]2O[C@H](CO)[C@H](O)[C@H]([O+](C)O)[C@H]2O)[C@@H](CO)O[C@H]1O. The zero-order valence-electron chi connectivity index (χ0n) is 21.0. The monoisotopic (exact) mass is 560 g/mol. The van der Waals surface area contributed by atoms with E-state index in [-0.39, 0.29) is 0 Å². The second kappa shape index (κ2) is 13.0. The second-order valence-electron chi connectivity index (χ2n) is 9.55. The largest absolute Gasteiger partial charge is 0.394 e. The van der Waals surface area contributed by atoms with Crippen LogP contribution in [0, 0.1) is 0 Å². The molecule has 0 bridgehead atoms. The van der Waals surface area contributed by atoms with Crippen LogP contribution in [0.25, 0.3) is 0 Å². The molecular formula is C21H38NO16+. The number of hydrogen-bond donors (Lipinski definition) is 10. The Balaban J connectivity index is 1.95. The summed E-state index contributed by atoms with van der Waals surface area (Å²) >= 11 is 0. The Morgan fingerprint density at radius 2 is 1.39 bits per heavy atom. The first-order valence-corrected chi connectivity index (χ1v) is 12.0. The van der Waals surface area contributed by atoms with Crippen LogP contribution in [0.5, 0.6) is 0 Å². The van der Waals surface area contributed by atoms with E-state index in [1.807, 2.05) is 0 Å². The molecule has 0 saturated carbocycles. The molecule has 15 atom stereocenters. The van der Waals surface area contributed by atoms with Gasteiger partial charge in [-0.2, -0.15) is 0 Å². The molecule has 0 aromatic rings. The van der Waals surface area contributed by atoms with Crippen molar-refractivity contribution >= 4 is 5.91 Å². The summed E-state index contributed by atoms with van der Waals surface area (Å²) in [6.45, 7) is 1.01. The number of hydrogen-bond acceptors (Lipinski definition) is 15. The van der Waals surface area contributed by atoms with Gasteiger partial charge < -0.3 is 69.9 Å². The average Bonchev–Trinajstić information content (AvgIpc) is 2.85. The van der Waals surface area contributed by atoms with Crippen molar-refractivity contribution in [1.29, 1.82) is 0 Å². The number of rotatable bonds is 8. The van der Waals surface area contributed by atoms with Crippen molar-refractivity contribution in [3.05, 3.63) is 0 Å². The summed E-state index contributed by atoms with van der Waals surface area (Å²) in [5.74, 6) is -0.642. The van der Waals surface area contributed by atoms with E-state index in [1.54, 1.807) is 0 Å². The highest BCUT2D eigenvalue weighted by Crippen LogP contribution is 2.33. The molecule has 1 amide bonds. The van der Waals surface area contributed by atoms with E-state index < -0.39 is 111 Å². The Morgan fingerprint density at radius 1 is 0.816 bits per heavy atom. The fourth-order valence-corrected chi connectivity index (χ4v) is 4.79. The highest BCUT2D eigenvalue weighted by Gasteiger charge is 2.56. The van der Waals surface area contributed by atoms with Crippen molar-refractivity contribution in [3.8, 4) is 0 Å². The smallest absolute Gasteiger partial charge is 0.253 e. The van der Waals surface area contributed by atoms with Crippen LogP contribution in [-0.2, 0) is 33.0 Å². The van der Waals surface area contributed by atoms with E-state index in [0.717, 1.165) is 14.0 Å². The van der Waals surface area contributed by atoms with Crippen molar-refractivity contribution in [3.63, 3.8) is 0 Å². The van der Waals surface area contributed by atoms with E-state index >= 15 is 0 Å². The number of ether oxygens (including phenoxy) is 5. The number of nitrogens with one attached hydrogen (secondary N) is 1. The third-order valence-corrected chi connectivity index (χ3v) is 6.82. The first-order chi connectivity index (χ1) is 17.8. The normalized spacial score (nSPS) is 48.2. The molecule has 38 heavy (non-hydrogen) atoms. The highest BCUT2D eigenvalue weighted by molar-refractivity contribution is 5.73. The minimum atomic E-state index is -1.79. The van der Waals surface area contributed by atoms with E-state index in [1.165, 1.54) is 11.4 Å². The summed E-state index contributed by atoms with van der Waals surface area (Å²) in [6, 6.07) is -1.42. The maximum absolute atomic E-state index is 11.9. The Bertz CT molecular complexity index is 776. The Hall–Kier alpha value is -1.13. The average molecular weight is 561 g/mol. The topological polar surface area (TPSA) is 260 Å². The van der Waals surface area contributed by atoms with E-state index in [2.05, 4.69) is 5.32 Å². The van der Waals surface area contributed by atoms with Crippen molar-refractivity contribution in [1.82, 2.24) is 5.32 Å². The van der Waals surface area contributed by atoms with Gasteiger partial charge in [-0.05, 0) is 6.92 Å². The van der Waals surface area contributed by atoms with Crippen molar-refractivity contribution in [2.45, 2.75) is 106 Å². The molecule has 3 aliphatic rings. The molecule has 0 aromatic heterocycles. The zero-order valence-corrected chi connectivity index (χ0v) is 21.0. The lowest BCUT2D eigenvalue weighted by atomic mass is 9.94. The van der Waals surface area contributed by atoms with Gasteiger partial charge in [0.1, 0.15) is 48.8 Å². The quantitative estimate of drug-likeness (QED) is 0.0753. The maximum Gasteiger partial charge on any atom is 0.253 e. The second-order valence-corrected chi connectivity index (χ2v) is 9.55. The molecule has 0 spiro atoms. The molecule has 17 nitrogen and oxygen atoms in total. The Labute approximate surface area is 217 Å². The lowest BCUT2D eigenvalue weighted by molar-refractivity contribution is -0.485. The van der Waals surface area contributed by atoms with E-state index in [4.69, 9.17) is 23.7 Å². The third-order valence-electron chi connectivity index (χ3n) is 6.82.